The molecule has 1 aromatic carbocycles. The molecule has 2 heterocycles. The summed E-state index contributed by atoms with van der Waals surface area (Å²) in [7, 11) is 1.68. The highest BCUT2D eigenvalue weighted by atomic mass is 19.4. The number of nitrogens with zero attached hydrogens (tertiary/aromatic N) is 3. The van der Waals surface area contributed by atoms with Gasteiger partial charge in [-0.2, -0.15) is 13.2 Å². The van der Waals surface area contributed by atoms with Crippen LogP contribution in [0.4, 0.5) is 13.2 Å². The van der Waals surface area contributed by atoms with Crippen LogP contribution in [0.15, 0.2) is 18.2 Å². The Bertz CT molecular complexity index is 860. The first kappa shape index (κ1) is 18.2. The fraction of sp³-hybridized carbons (Fsp3) is 0.471. The van der Waals surface area contributed by atoms with E-state index in [4.69, 9.17) is 0 Å². The number of alkyl halides is 3. The van der Waals surface area contributed by atoms with Gasteiger partial charge in [0.1, 0.15) is 5.82 Å². The SMILES string of the molecule is CCN1C[C@@H](C(=O)NCc2nc3cc(C(F)(F)F)ccc3n2C)CC1=O. The number of likely N-dealkylation sites (tertiary alicyclic amines) is 1. The average Bonchev–Trinajstić information content (AvgIpc) is 3.12. The first-order valence-corrected chi connectivity index (χ1v) is 8.28. The van der Waals surface area contributed by atoms with Crippen molar-refractivity contribution in [1.82, 2.24) is 19.8 Å². The Balaban J connectivity index is 1.72. The number of halogens is 3. The second-order valence-corrected chi connectivity index (χ2v) is 6.34. The maximum absolute atomic E-state index is 12.8. The Morgan fingerprint density at radius 2 is 2.12 bits per heavy atom. The largest absolute Gasteiger partial charge is 0.416 e. The number of fused-ring (bicyclic) bond motifs is 1. The third-order valence-corrected chi connectivity index (χ3v) is 4.69. The normalized spacial score (nSPS) is 18.0. The van der Waals surface area contributed by atoms with Gasteiger partial charge in [-0.25, -0.2) is 4.98 Å². The van der Waals surface area contributed by atoms with Gasteiger partial charge in [0.2, 0.25) is 11.8 Å². The van der Waals surface area contributed by atoms with Crippen LogP contribution in [0.1, 0.15) is 24.7 Å². The molecule has 0 radical (unpaired) electrons. The summed E-state index contributed by atoms with van der Waals surface area (Å²) in [6.45, 7) is 2.89. The van der Waals surface area contributed by atoms with Crippen LogP contribution in [0, 0.1) is 5.92 Å². The molecule has 1 aliphatic heterocycles. The Hall–Kier alpha value is -2.58. The molecule has 1 aromatic heterocycles. The molecule has 1 saturated heterocycles. The van der Waals surface area contributed by atoms with Crippen molar-refractivity contribution in [3.05, 3.63) is 29.6 Å². The molecule has 0 spiro atoms. The molecule has 0 saturated carbocycles. The molecule has 2 amide bonds. The van der Waals surface area contributed by atoms with E-state index in [1.165, 1.54) is 6.07 Å². The van der Waals surface area contributed by atoms with Crippen LogP contribution < -0.4 is 5.32 Å². The second-order valence-electron chi connectivity index (χ2n) is 6.34. The molecule has 9 heteroatoms. The van der Waals surface area contributed by atoms with Gasteiger partial charge in [0.05, 0.1) is 29.1 Å². The summed E-state index contributed by atoms with van der Waals surface area (Å²) in [4.78, 5) is 29.8. The molecule has 0 bridgehead atoms. The number of hydrogen-bond acceptors (Lipinski definition) is 3. The topological polar surface area (TPSA) is 67.2 Å². The summed E-state index contributed by atoms with van der Waals surface area (Å²) >= 11 is 0. The summed E-state index contributed by atoms with van der Waals surface area (Å²) in [5.74, 6) is -0.259. The third kappa shape index (κ3) is 3.38. The highest BCUT2D eigenvalue weighted by molar-refractivity contribution is 5.89. The van der Waals surface area contributed by atoms with Gasteiger partial charge >= 0.3 is 6.18 Å². The molecule has 26 heavy (non-hydrogen) atoms. The fourth-order valence-electron chi connectivity index (χ4n) is 3.15. The van der Waals surface area contributed by atoms with Gasteiger partial charge in [-0.1, -0.05) is 0 Å². The maximum atomic E-state index is 12.8. The predicted molar refractivity (Wildman–Crippen MR) is 87.9 cm³/mol. The average molecular weight is 368 g/mol. The minimum Gasteiger partial charge on any atom is -0.349 e. The molecule has 2 aromatic rings. The van der Waals surface area contributed by atoms with Crippen LogP contribution in [0.25, 0.3) is 11.0 Å². The molecule has 6 nitrogen and oxygen atoms in total. The lowest BCUT2D eigenvalue weighted by atomic mass is 10.1. The minimum absolute atomic E-state index is 0.0462. The van der Waals surface area contributed by atoms with Crippen molar-refractivity contribution in [2.45, 2.75) is 26.1 Å². The zero-order valence-electron chi connectivity index (χ0n) is 14.4. The van der Waals surface area contributed by atoms with Crippen molar-refractivity contribution < 1.29 is 22.8 Å². The predicted octanol–water partition coefficient (Wildman–Crippen LogP) is 2.08. The summed E-state index contributed by atoms with van der Waals surface area (Å²) in [6, 6.07) is 3.37. The summed E-state index contributed by atoms with van der Waals surface area (Å²) < 4.78 is 40.1. The van der Waals surface area contributed by atoms with Crippen molar-refractivity contribution in [3.63, 3.8) is 0 Å². The van der Waals surface area contributed by atoms with Crippen LogP contribution in [-0.2, 0) is 29.4 Å². The quantitative estimate of drug-likeness (QED) is 0.899. The standard InChI is InChI=1S/C17H19F3N4O2/c1-3-24-9-10(6-15(24)25)16(26)21-8-14-22-12-7-11(17(18,19)20)4-5-13(12)23(14)2/h4-5,7,10H,3,6,8-9H2,1-2H3,(H,21,26)/t10-/m0/s1. The van der Waals surface area contributed by atoms with Crippen LogP contribution >= 0.6 is 0 Å². The van der Waals surface area contributed by atoms with E-state index in [1.54, 1.807) is 16.5 Å². The molecule has 1 N–H and O–H groups in total. The van der Waals surface area contributed by atoms with Gasteiger partial charge in [-0.15, -0.1) is 0 Å². The Morgan fingerprint density at radius 1 is 1.38 bits per heavy atom. The summed E-state index contributed by atoms with van der Waals surface area (Å²) in [5.41, 5.74) is 0.0121. The molecule has 0 unspecified atom stereocenters. The fourth-order valence-corrected chi connectivity index (χ4v) is 3.15. The molecule has 1 atom stereocenters. The number of aryl methyl sites for hydroxylation is 1. The summed E-state index contributed by atoms with van der Waals surface area (Å²) in [6.07, 6.45) is -4.25. The first-order valence-electron chi connectivity index (χ1n) is 8.28. The smallest absolute Gasteiger partial charge is 0.349 e. The number of imidazole rings is 1. The summed E-state index contributed by atoms with van der Waals surface area (Å²) in [5, 5.41) is 2.73. The number of aromatic nitrogens is 2. The van der Waals surface area contributed by atoms with Gasteiger partial charge in [0.25, 0.3) is 0 Å². The van der Waals surface area contributed by atoms with Crippen molar-refractivity contribution >= 4 is 22.8 Å². The Kier molecular flexibility index (Phi) is 4.64. The third-order valence-electron chi connectivity index (χ3n) is 4.69. The van der Waals surface area contributed by atoms with E-state index in [9.17, 15) is 22.8 Å². The zero-order chi connectivity index (χ0) is 19.1. The number of benzene rings is 1. The minimum atomic E-state index is -4.43. The first-order chi connectivity index (χ1) is 12.2. The van der Waals surface area contributed by atoms with Crippen molar-refractivity contribution in [2.75, 3.05) is 13.1 Å². The highest BCUT2D eigenvalue weighted by Crippen LogP contribution is 2.31. The van der Waals surface area contributed by atoms with Gasteiger partial charge in [0, 0.05) is 26.6 Å². The van der Waals surface area contributed by atoms with E-state index in [0.29, 0.717) is 24.4 Å². The number of rotatable bonds is 4. The number of carbonyl (C=O) groups is 2. The zero-order valence-corrected chi connectivity index (χ0v) is 14.4. The lowest BCUT2D eigenvalue weighted by Gasteiger charge is -2.13. The van der Waals surface area contributed by atoms with E-state index < -0.39 is 17.7 Å². The van der Waals surface area contributed by atoms with Gasteiger partial charge < -0.3 is 14.8 Å². The van der Waals surface area contributed by atoms with E-state index in [1.807, 2.05) is 6.92 Å². The highest BCUT2D eigenvalue weighted by Gasteiger charge is 2.33. The molecular weight excluding hydrogens is 349 g/mol. The number of hydrogen-bond donors (Lipinski definition) is 1. The van der Waals surface area contributed by atoms with E-state index in [-0.39, 0.29) is 30.3 Å². The van der Waals surface area contributed by atoms with Crippen LogP contribution in [-0.4, -0.2) is 39.4 Å². The lowest BCUT2D eigenvalue weighted by molar-refractivity contribution is -0.137. The monoisotopic (exact) mass is 368 g/mol. The molecule has 1 aliphatic rings. The maximum Gasteiger partial charge on any atom is 0.416 e. The molecule has 1 fully saturated rings. The molecular formula is C17H19F3N4O2. The van der Waals surface area contributed by atoms with Crippen LogP contribution in [0.2, 0.25) is 0 Å². The van der Waals surface area contributed by atoms with E-state index in [2.05, 4.69) is 10.3 Å². The van der Waals surface area contributed by atoms with Crippen molar-refractivity contribution in [2.24, 2.45) is 13.0 Å². The van der Waals surface area contributed by atoms with Crippen LogP contribution in [0.3, 0.4) is 0 Å². The molecule has 140 valence electrons. The van der Waals surface area contributed by atoms with Gasteiger partial charge in [0.15, 0.2) is 0 Å². The van der Waals surface area contributed by atoms with Gasteiger partial charge in [-0.05, 0) is 25.1 Å². The number of amides is 2. The second kappa shape index (κ2) is 6.62. The van der Waals surface area contributed by atoms with E-state index >= 15 is 0 Å². The number of nitrogens with one attached hydrogen (secondary N) is 1. The van der Waals surface area contributed by atoms with Crippen molar-refractivity contribution in [1.29, 1.82) is 0 Å². The van der Waals surface area contributed by atoms with Crippen molar-refractivity contribution in [3.8, 4) is 0 Å². The van der Waals surface area contributed by atoms with Crippen LogP contribution in [0.5, 0.6) is 0 Å². The van der Waals surface area contributed by atoms with Gasteiger partial charge in [-0.3, -0.25) is 9.59 Å². The molecule has 3 rings (SSSR count). The Labute approximate surface area is 148 Å². The van der Waals surface area contributed by atoms with E-state index in [0.717, 1.165) is 12.1 Å². The molecule has 0 aliphatic carbocycles. The Morgan fingerprint density at radius 3 is 2.73 bits per heavy atom. The number of carbonyl (C=O) groups excluding carboxylic acids is 2. The lowest BCUT2D eigenvalue weighted by Crippen LogP contribution is -2.33.